The largest absolute Gasteiger partial charge is 0.444 e. The summed E-state index contributed by atoms with van der Waals surface area (Å²) in [6, 6.07) is 6.31. The maximum absolute atomic E-state index is 11.9. The van der Waals surface area contributed by atoms with E-state index in [1.165, 1.54) is 16.6 Å². The summed E-state index contributed by atoms with van der Waals surface area (Å²) in [5.41, 5.74) is 3.26. The van der Waals surface area contributed by atoms with Crippen LogP contribution >= 0.6 is 0 Å². The van der Waals surface area contributed by atoms with Gasteiger partial charge in [0.1, 0.15) is 13.4 Å². The molecule has 0 aliphatic carbocycles. The third-order valence-corrected chi connectivity index (χ3v) is 2.74. The number of nitrogens with zero attached hydrogens (tertiary/aromatic N) is 1. The number of ether oxygens (including phenoxy) is 1. The highest BCUT2D eigenvalue weighted by Gasteiger charge is 2.27. The summed E-state index contributed by atoms with van der Waals surface area (Å²) in [6.07, 6.45) is -0.230. The van der Waals surface area contributed by atoms with E-state index in [-0.39, 0.29) is 6.09 Å². The van der Waals surface area contributed by atoms with Gasteiger partial charge in [-0.05, 0) is 31.9 Å². The minimum absolute atomic E-state index is 0.230. The second-order valence-electron chi connectivity index (χ2n) is 5.61. The van der Waals surface area contributed by atoms with Gasteiger partial charge in [0, 0.05) is 13.1 Å². The van der Waals surface area contributed by atoms with Gasteiger partial charge in [-0.15, -0.1) is 0 Å². The van der Waals surface area contributed by atoms with Gasteiger partial charge in [0.15, 0.2) is 0 Å². The zero-order valence-electron chi connectivity index (χ0n) is 10.9. The van der Waals surface area contributed by atoms with E-state index in [2.05, 4.69) is 26.0 Å². The molecule has 1 aliphatic heterocycles. The molecule has 1 aliphatic rings. The van der Waals surface area contributed by atoms with Crippen LogP contribution < -0.4 is 5.46 Å². The zero-order valence-corrected chi connectivity index (χ0v) is 10.9. The SMILES string of the molecule is Bc1ccc2c(c1)CN(C(=O)OC(C)(C)C)C2. The molecule has 0 fully saturated rings. The second-order valence-corrected chi connectivity index (χ2v) is 5.61. The fraction of sp³-hybridized carbons (Fsp3) is 0.462. The van der Waals surface area contributed by atoms with Gasteiger partial charge >= 0.3 is 6.09 Å². The Balaban J connectivity index is 2.07. The van der Waals surface area contributed by atoms with Crippen LogP contribution in [0.1, 0.15) is 31.9 Å². The first-order chi connectivity index (χ1) is 7.85. The van der Waals surface area contributed by atoms with E-state index in [0.717, 1.165) is 0 Å². The summed E-state index contributed by atoms with van der Waals surface area (Å²) < 4.78 is 5.37. The van der Waals surface area contributed by atoms with Crippen molar-refractivity contribution in [2.75, 3.05) is 0 Å². The standard InChI is InChI=1S/C13H18BNO2/c1-13(2,3)17-12(16)15-7-9-4-5-11(14)6-10(9)8-15/h4-6H,7-8,14H2,1-3H3. The van der Waals surface area contributed by atoms with Crippen molar-refractivity contribution in [3.05, 3.63) is 29.3 Å². The average Bonchev–Trinajstić information content (AvgIpc) is 2.57. The highest BCUT2D eigenvalue weighted by atomic mass is 16.6. The Morgan fingerprint density at radius 1 is 1.29 bits per heavy atom. The van der Waals surface area contributed by atoms with Crippen LogP contribution in [0.2, 0.25) is 0 Å². The first-order valence-corrected chi connectivity index (χ1v) is 5.91. The fourth-order valence-corrected chi connectivity index (χ4v) is 1.98. The maximum atomic E-state index is 11.9. The second kappa shape index (κ2) is 4.10. The molecule has 1 heterocycles. The summed E-state index contributed by atoms with van der Waals surface area (Å²) in [4.78, 5) is 13.7. The van der Waals surface area contributed by atoms with Crippen LogP contribution in [0.4, 0.5) is 4.79 Å². The number of rotatable bonds is 0. The molecule has 4 heteroatoms. The van der Waals surface area contributed by atoms with E-state index < -0.39 is 5.60 Å². The van der Waals surface area contributed by atoms with Gasteiger partial charge in [-0.1, -0.05) is 23.7 Å². The quantitative estimate of drug-likeness (QED) is 0.628. The monoisotopic (exact) mass is 231 g/mol. The average molecular weight is 231 g/mol. The molecule has 0 atom stereocenters. The smallest absolute Gasteiger partial charge is 0.410 e. The Labute approximate surface area is 103 Å². The Kier molecular flexibility index (Phi) is 2.90. The highest BCUT2D eigenvalue weighted by Crippen LogP contribution is 2.23. The van der Waals surface area contributed by atoms with Crippen molar-refractivity contribution in [1.82, 2.24) is 4.90 Å². The molecule has 0 radical (unpaired) electrons. The molecule has 90 valence electrons. The molecule has 0 unspecified atom stereocenters. The molecule has 17 heavy (non-hydrogen) atoms. The Hall–Kier alpha value is -1.45. The molecule has 2 rings (SSSR count). The van der Waals surface area contributed by atoms with Crippen molar-refractivity contribution in [3.63, 3.8) is 0 Å². The molecular formula is C13H18BNO2. The maximum Gasteiger partial charge on any atom is 0.410 e. The van der Waals surface area contributed by atoms with E-state index in [9.17, 15) is 4.79 Å². The van der Waals surface area contributed by atoms with E-state index >= 15 is 0 Å². The molecule has 1 amide bonds. The topological polar surface area (TPSA) is 29.5 Å². The normalized spacial score (nSPS) is 14.6. The minimum atomic E-state index is -0.429. The lowest BCUT2D eigenvalue weighted by Crippen LogP contribution is -2.33. The molecule has 0 saturated carbocycles. The van der Waals surface area contributed by atoms with Crippen molar-refractivity contribution >= 4 is 19.4 Å². The number of carbonyl (C=O) groups is 1. The van der Waals surface area contributed by atoms with Gasteiger partial charge < -0.3 is 4.74 Å². The van der Waals surface area contributed by atoms with E-state index in [0.29, 0.717) is 13.1 Å². The van der Waals surface area contributed by atoms with Gasteiger partial charge in [0.05, 0.1) is 0 Å². The molecule has 3 nitrogen and oxygen atoms in total. The lowest BCUT2D eigenvalue weighted by Gasteiger charge is -2.24. The van der Waals surface area contributed by atoms with E-state index in [4.69, 9.17) is 4.74 Å². The van der Waals surface area contributed by atoms with Crippen molar-refractivity contribution < 1.29 is 9.53 Å². The first kappa shape index (κ1) is 12.0. The van der Waals surface area contributed by atoms with Crippen molar-refractivity contribution in [1.29, 1.82) is 0 Å². The van der Waals surface area contributed by atoms with Crippen LogP contribution in [-0.4, -0.2) is 24.4 Å². The third-order valence-electron chi connectivity index (χ3n) is 2.74. The van der Waals surface area contributed by atoms with Gasteiger partial charge in [-0.3, -0.25) is 4.90 Å². The lowest BCUT2D eigenvalue weighted by atomic mass is 9.93. The van der Waals surface area contributed by atoms with Gasteiger partial charge in [0.25, 0.3) is 0 Å². The van der Waals surface area contributed by atoms with Crippen molar-refractivity contribution in [3.8, 4) is 0 Å². The molecule has 1 aromatic rings. The molecule has 1 aromatic carbocycles. The van der Waals surface area contributed by atoms with Crippen LogP contribution in [0.15, 0.2) is 18.2 Å². The Morgan fingerprint density at radius 3 is 2.59 bits per heavy atom. The molecule has 0 N–H and O–H groups in total. The number of benzene rings is 1. The van der Waals surface area contributed by atoms with Crippen molar-refractivity contribution in [2.24, 2.45) is 0 Å². The molecule has 0 saturated heterocycles. The van der Waals surface area contributed by atoms with Crippen LogP contribution in [0, 0.1) is 0 Å². The first-order valence-electron chi connectivity index (χ1n) is 5.91. The van der Waals surface area contributed by atoms with Crippen LogP contribution in [0.3, 0.4) is 0 Å². The molecule has 0 spiro atoms. The fourth-order valence-electron chi connectivity index (χ4n) is 1.98. The van der Waals surface area contributed by atoms with Gasteiger partial charge in [0.2, 0.25) is 0 Å². The summed E-state index contributed by atoms with van der Waals surface area (Å²) in [5.74, 6) is 0. The van der Waals surface area contributed by atoms with Gasteiger partial charge in [-0.2, -0.15) is 0 Å². The molecular weight excluding hydrogens is 213 g/mol. The van der Waals surface area contributed by atoms with E-state index in [1.54, 1.807) is 4.90 Å². The predicted octanol–water partition coefficient (Wildman–Crippen LogP) is 1.20. The third kappa shape index (κ3) is 2.81. The molecule has 0 bridgehead atoms. The number of carbonyl (C=O) groups excluding carboxylic acids is 1. The van der Waals surface area contributed by atoms with E-state index in [1.807, 2.05) is 20.8 Å². The Bertz CT molecular complexity index is 451. The van der Waals surface area contributed by atoms with Crippen LogP contribution in [0.5, 0.6) is 0 Å². The number of amides is 1. The Morgan fingerprint density at radius 2 is 1.94 bits per heavy atom. The van der Waals surface area contributed by atoms with Crippen LogP contribution in [-0.2, 0) is 17.8 Å². The van der Waals surface area contributed by atoms with Crippen LogP contribution in [0.25, 0.3) is 0 Å². The lowest BCUT2D eigenvalue weighted by molar-refractivity contribution is 0.0242. The number of fused-ring (bicyclic) bond motifs is 1. The predicted molar refractivity (Wildman–Crippen MR) is 70.1 cm³/mol. The highest BCUT2D eigenvalue weighted by molar-refractivity contribution is 6.32. The summed E-state index contributed by atoms with van der Waals surface area (Å²) in [5, 5.41) is 0. The molecule has 0 aromatic heterocycles. The van der Waals surface area contributed by atoms with Crippen molar-refractivity contribution in [2.45, 2.75) is 39.5 Å². The summed E-state index contributed by atoms with van der Waals surface area (Å²) >= 11 is 0. The summed E-state index contributed by atoms with van der Waals surface area (Å²) in [7, 11) is 2.07. The number of hydrogen-bond acceptors (Lipinski definition) is 2. The van der Waals surface area contributed by atoms with Gasteiger partial charge in [-0.25, -0.2) is 4.79 Å². The summed E-state index contributed by atoms with van der Waals surface area (Å²) in [6.45, 7) is 6.98. The minimum Gasteiger partial charge on any atom is -0.444 e. The zero-order chi connectivity index (χ0) is 12.6. The number of hydrogen-bond donors (Lipinski definition) is 0.